The fourth-order valence-electron chi connectivity index (χ4n) is 2.28. The van der Waals surface area contributed by atoms with Crippen molar-refractivity contribution in [1.82, 2.24) is 9.78 Å². The lowest BCUT2D eigenvalue weighted by Crippen LogP contribution is -2.24. The van der Waals surface area contributed by atoms with Crippen LogP contribution in [0.1, 0.15) is 12.5 Å². The minimum absolute atomic E-state index is 0.0596. The Morgan fingerprint density at radius 1 is 1.33 bits per heavy atom. The zero-order valence-electron chi connectivity index (χ0n) is 10.0. The van der Waals surface area contributed by atoms with Crippen LogP contribution in [0.4, 0.5) is 10.2 Å². The first-order valence-electron chi connectivity index (χ1n) is 5.99. The lowest BCUT2D eigenvalue weighted by molar-refractivity contribution is 0.592. The summed E-state index contributed by atoms with van der Waals surface area (Å²) in [5.41, 5.74) is 1.36. The molecule has 4 nitrogen and oxygen atoms in total. The van der Waals surface area contributed by atoms with Gasteiger partial charge in [-0.25, -0.2) is 9.07 Å². The van der Waals surface area contributed by atoms with Gasteiger partial charge in [0, 0.05) is 6.54 Å². The molecule has 0 aliphatic carbocycles. The van der Waals surface area contributed by atoms with Crippen LogP contribution in [0.25, 0.3) is 5.69 Å². The van der Waals surface area contributed by atoms with Gasteiger partial charge in [0.1, 0.15) is 11.6 Å². The molecule has 3 rings (SSSR count). The second-order valence-corrected chi connectivity index (χ2v) is 4.77. The van der Waals surface area contributed by atoms with E-state index in [4.69, 9.17) is 0 Å². The molecule has 18 heavy (non-hydrogen) atoms. The van der Waals surface area contributed by atoms with E-state index in [9.17, 15) is 9.18 Å². The van der Waals surface area contributed by atoms with Crippen molar-refractivity contribution in [1.29, 1.82) is 0 Å². The summed E-state index contributed by atoms with van der Waals surface area (Å²) in [4.78, 5) is 12.2. The van der Waals surface area contributed by atoms with Crippen LogP contribution in [0.15, 0.2) is 29.1 Å². The highest BCUT2D eigenvalue weighted by atomic mass is 19.1. The number of aromatic amines is 1. The van der Waals surface area contributed by atoms with E-state index in [2.05, 4.69) is 17.3 Å². The van der Waals surface area contributed by atoms with Crippen LogP contribution in [-0.2, 0) is 6.42 Å². The third-order valence-electron chi connectivity index (χ3n) is 3.25. The summed E-state index contributed by atoms with van der Waals surface area (Å²) in [6.07, 6.45) is 0.770. The van der Waals surface area contributed by atoms with Gasteiger partial charge in [-0.3, -0.25) is 9.89 Å². The van der Waals surface area contributed by atoms with Crippen molar-refractivity contribution in [3.05, 3.63) is 46.0 Å². The van der Waals surface area contributed by atoms with Gasteiger partial charge in [-0.15, -0.1) is 0 Å². The Morgan fingerprint density at radius 3 is 2.78 bits per heavy atom. The van der Waals surface area contributed by atoms with E-state index >= 15 is 0 Å². The van der Waals surface area contributed by atoms with Gasteiger partial charge >= 0.3 is 0 Å². The van der Waals surface area contributed by atoms with Crippen molar-refractivity contribution < 1.29 is 4.39 Å². The van der Waals surface area contributed by atoms with E-state index in [1.807, 2.05) is 0 Å². The summed E-state index contributed by atoms with van der Waals surface area (Å²) in [7, 11) is 0. The van der Waals surface area contributed by atoms with Crippen LogP contribution in [0, 0.1) is 11.7 Å². The molecule has 2 aromatic rings. The molecule has 0 radical (unpaired) electrons. The third-order valence-corrected chi connectivity index (χ3v) is 3.25. The number of rotatable bonds is 1. The molecule has 1 aliphatic rings. The second-order valence-electron chi connectivity index (χ2n) is 4.77. The first-order chi connectivity index (χ1) is 8.65. The molecular formula is C13H14FN3O. The smallest absolute Gasteiger partial charge is 0.276 e. The van der Waals surface area contributed by atoms with Crippen molar-refractivity contribution in [2.24, 2.45) is 5.92 Å². The number of nitrogens with zero attached hydrogens (tertiary/aromatic N) is 1. The van der Waals surface area contributed by atoms with E-state index < -0.39 is 0 Å². The molecule has 2 N–H and O–H groups in total. The zero-order chi connectivity index (χ0) is 12.7. The Kier molecular flexibility index (Phi) is 2.47. The predicted molar refractivity (Wildman–Crippen MR) is 67.7 cm³/mol. The number of aromatic nitrogens is 2. The van der Waals surface area contributed by atoms with Gasteiger partial charge in [-0.2, -0.15) is 0 Å². The predicted octanol–water partition coefficient (Wildman–Crippen LogP) is 1.91. The van der Waals surface area contributed by atoms with Gasteiger partial charge in [-0.05, 0) is 36.6 Å². The maximum Gasteiger partial charge on any atom is 0.276 e. The summed E-state index contributed by atoms with van der Waals surface area (Å²) < 4.78 is 14.3. The first-order valence-corrected chi connectivity index (χ1v) is 5.99. The van der Waals surface area contributed by atoms with Crippen molar-refractivity contribution in [2.45, 2.75) is 13.3 Å². The lowest BCUT2D eigenvalue weighted by Gasteiger charge is -2.18. The molecule has 5 heteroatoms. The first kappa shape index (κ1) is 11.1. The van der Waals surface area contributed by atoms with Crippen molar-refractivity contribution >= 4 is 5.82 Å². The Bertz CT molecular complexity index is 627. The quantitative estimate of drug-likeness (QED) is 0.808. The van der Waals surface area contributed by atoms with Crippen molar-refractivity contribution in [3.63, 3.8) is 0 Å². The molecule has 0 saturated carbocycles. The van der Waals surface area contributed by atoms with Crippen LogP contribution < -0.4 is 10.9 Å². The fourth-order valence-corrected chi connectivity index (χ4v) is 2.28. The Morgan fingerprint density at radius 2 is 2.06 bits per heavy atom. The molecule has 1 aromatic carbocycles. The molecule has 1 atom stereocenters. The number of nitrogens with one attached hydrogen (secondary N) is 2. The minimum Gasteiger partial charge on any atom is -0.370 e. The molecule has 1 unspecified atom stereocenters. The molecule has 1 aliphatic heterocycles. The van der Waals surface area contributed by atoms with Crippen LogP contribution in [0.2, 0.25) is 0 Å². The molecular weight excluding hydrogens is 233 g/mol. The lowest BCUT2D eigenvalue weighted by atomic mass is 10.00. The van der Waals surface area contributed by atoms with Gasteiger partial charge < -0.3 is 5.32 Å². The molecule has 1 aromatic heterocycles. The molecule has 2 heterocycles. The molecule has 0 saturated heterocycles. The van der Waals surface area contributed by atoms with Crippen LogP contribution in [0.3, 0.4) is 0 Å². The fraction of sp³-hybridized carbons (Fsp3) is 0.308. The van der Waals surface area contributed by atoms with E-state index in [0.717, 1.165) is 24.3 Å². The van der Waals surface area contributed by atoms with E-state index in [-0.39, 0.29) is 11.4 Å². The van der Waals surface area contributed by atoms with E-state index in [1.165, 1.54) is 16.8 Å². The Labute approximate surface area is 103 Å². The van der Waals surface area contributed by atoms with Gasteiger partial charge in [0.05, 0.1) is 11.3 Å². The number of halogens is 1. The SMILES string of the molecule is CC1CNc2[nH]n(-c3ccc(F)cc3)c(=O)c2C1. The minimum atomic E-state index is -0.310. The van der Waals surface area contributed by atoms with Gasteiger partial charge in [0.25, 0.3) is 5.56 Å². The monoisotopic (exact) mass is 247 g/mol. The van der Waals surface area contributed by atoms with Gasteiger partial charge in [0.2, 0.25) is 0 Å². The van der Waals surface area contributed by atoms with Gasteiger partial charge in [-0.1, -0.05) is 6.92 Å². The van der Waals surface area contributed by atoms with Gasteiger partial charge in [0.15, 0.2) is 0 Å². The number of benzene rings is 1. The maximum atomic E-state index is 12.9. The summed E-state index contributed by atoms with van der Waals surface area (Å²) in [5.74, 6) is 0.917. The molecule has 0 fully saturated rings. The Hall–Kier alpha value is -2.04. The normalized spacial score (nSPS) is 18.2. The summed E-state index contributed by atoms with van der Waals surface area (Å²) >= 11 is 0. The number of H-pyrrole nitrogens is 1. The number of anilines is 1. The number of fused-ring (bicyclic) bond motifs is 1. The largest absolute Gasteiger partial charge is 0.370 e. The second kappa shape index (κ2) is 4.01. The highest BCUT2D eigenvalue weighted by Gasteiger charge is 2.21. The number of hydrogen-bond donors (Lipinski definition) is 2. The summed E-state index contributed by atoms with van der Waals surface area (Å²) in [6, 6.07) is 5.86. The highest BCUT2D eigenvalue weighted by Crippen LogP contribution is 2.20. The average Bonchev–Trinajstić information content (AvgIpc) is 2.68. The summed E-state index contributed by atoms with van der Waals surface area (Å²) in [5, 5.41) is 6.23. The molecule has 0 spiro atoms. The topological polar surface area (TPSA) is 49.8 Å². The molecule has 94 valence electrons. The average molecular weight is 247 g/mol. The van der Waals surface area contributed by atoms with Crippen LogP contribution >= 0.6 is 0 Å². The molecule has 0 amide bonds. The zero-order valence-corrected chi connectivity index (χ0v) is 10.0. The van der Waals surface area contributed by atoms with E-state index in [0.29, 0.717) is 11.6 Å². The highest BCUT2D eigenvalue weighted by molar-refractivity contribution is 5.48. The summed E-state index contributed by atoms with van der Waals surface area (Å²) in [6.45, 7) is 2.96. The van der Waals surface area contributed by atoms with Crippen LogP contribution in [0.5, 0.6) is 0 Å². The number of hydrogen-bond acceptors (Lipinski definition) is 2. The molecule has 0 bridgehead atoms. The standard InChI is InChI=1S/C13H14FN3O/c1-8-6-11-12(15-7-8)16-17(13(11)18)10-4-2-9(14)3-5-10/h2-5,8,15-16H,6-7H2,1H3. The van der Waals surface area contributed by atoms with E-state index in [1.54, 1.807) is 12.1 Å². The third kappa shape index (κ3) is 1.72. The van der Waals surface area contributed by atoms with Crippen LogP contribution in [-0.4, -0.2) is 16.3 Å². The maximum absolute atomic E-state index is 12.9. The van der Waals surface area contributed by atoms with Crippen molar-refractivity contribution in [3.8, 4) is 5.69 Å². The van der Waals surface area contributed by atoms with Crippen molar-refractivity contribution in [2.75, 3.05) is 11.9 Å². The Balaban J connectivity index is 2.09.